The van der Waals surface area contributed by atoms with E-state index in [1.54, 1.807) is 0 Å². The molecular weight excluding hydrogens is 302 g/mol. The second-order valence-electron chi connectivity index (χ2n) is 7.09. The Labute approximate surface area is 144 Å². The van der Waals surface area contributed by atoms with Gasteiger partial charge in [-0.05, 0) is 32.8 Å². The Bertz CT molecular complexity index is 614. The van der Waals surface area contributed by atoms with Crippen molar-refractivity contribution in [1.82, 2.24) is 19.8 Å². The van der Waals surface area contributed by atoms with E-state index in [1.807, 2.05) is 30.3 Å². The molecule has 130 valence electrons. The van der Waals surface area contributed by atoms with Crippen molar-refractivity contribution in [2.24, 2.45) is 0 Å². The fraction of sp³-hybridized carbons (Fsp3) is 0.611. The van der Waals surface area contributed by atoms with Gasteiger partial charge >= 0.3 is 0 Å². The lowest BCUT2D eigenvalue weighted by molar-refractivity contribution is -0.151. The molecule has 2 aliphatic rings. The maximum Gasteiger partial charge on any atom is 0.245 e. The number of hydrogen-bond acceptors (Lipinski definition) is 5. The van der Waals surface area contributed by atoms with Gasteiger partial charge in [-0.15, -0.1) is 6.58 Å². The second-order valence-corrected chi connectivity index (χ2v) is 7.09. The van der Waals surface area contributed by atoms with Gasteiger partial charge in [0.05, 0.1) is 0 Å². The highest BCUT2D eigenvalue weighted by Gasteiger charge is 2.53. The van der Waals surface area contributed by atoms with Gasteiger partial charge in [0.25, 0.3) is 0 Å². The first-order chi connectivity index (χ1) is 11.5. The summed E-state index contributed by atoms with van der Waals surface area (Å²) in [5.41, 5.74) is 0.561. The predicted molar refractivity (Wildman–Crippen MR) is 94.9 cm³/mol. The van der Waals surface area contributed by atoms with Crippen LogP contribution >= 0.6 is 0 Å². The second kappa shape index (κ2) is 6.51. The largest absolute Gasteiger partial charge is 0.338 e. The number of rotatable bonds is 4. The highest BCUT2D eigenvalue weighted by Crippen LogP contribution is 2.35. The Morgan fingerprint density at radius 2 is 2.00 bits per heavy atom. The summed E-state index contributed by atoms with van der Waals surface area (Å²) in [4.78, 5) is 28.6. The number of amides is 1. The zero-order valence-corrected chi connectivity index (χ0v) is 14.9. The van der Waals surface area contributed by atoms with Gasteiger partial charge in [0.15, 0.2) is 0 Å². The Kier molecular flexibility index (Phi) is 4.58. The molecule has 24 heavy (non-hydrogen) atoms. The third kappa shape index (κ3) is 2.79. The van der Waals surface area contributed by atoms with E-state index in [0.717, 1.165) is 38.2 Å². The zero-order valence-electron chi connectivity index (χ0n) is 14.9. The summed E-state index contributed by atoms with van der Waals surface area (Å²) < 4.78 is 0. The molecule has 3 heterocycles. The molecule has 0 aliphatic carbocycles. The number of hydrogen-bond donors (Lipinski definition) is 0. The van der Waals surface area contributed by atoms with E-state index < -0.39 is 5.54 Å². The van der Waals surface area contributed by atoms with E-state index in [-0.39, 0.29) is 11.9 Å². The van der Waals surface area contributed by atoms with E-state index in [4.69, 9.17) is 0 Å². The molecule has 0 aromatic carbocycles. The van der Waals surface area contributed by atoms with Crippen molar-refractivity contribution in [2.75, 3.05) is 37.6 Å². The first kappa shape index (κ1) is 16.9. The van der Waals surface area contributed by atoms with Gasteiger partial charge in [-0.3, -0.25) is 9.69 Å². The van der Waals surface area contributed by atoms with E-state index in [9.17, 15) is 4.79 Å². The molecule has 1 spiro atoms. The Hall–Kier alpha value is -1.95. The maximum atomic E-state index is 13.3. The van der Waals surface area contributed by atoms with Crippen LogP contribution in [0.1, 0.15) is 25.8 Å². The summed E-state index contributed by atoms with van der Waals surface area (Å²) in [7, 11) is 0. The van der Waals surface area contributed by atoms with Crippen LogP contribution in [-0.4, -0.2) is 70.0 Å². The van der Waals surface area contributed by atoms with Crippen molar-refractivity contribution in [2.45, 2.75) is 38.8 Å². The lowest BCUT2D eigenvalue weighted by atomic mass is 9.90. The molecule has 0 saturated carbocycles. The van der Waals surface area contributed by atoms with Crippen LogP contribution in [0.25, 0.3) is 0 Å². The number of anilines is 1. The molecule has 0 bridgehead atoms. The van der Waals surface area contributed by atoms with Gasteiger partial charge in [0.1, 0.15) is 5.54 Å². The average Bonchev–Trinajstić information content (AvgIpc) is 2.99. The van der Waals surface area contributed by atoms with Crippen molar-refractivity contribution in [3.63, 3.8) is 0 Å². The molecule has 2 aliphatic heterocycles. The molecule has 1 unspecified atom stereocenters. The van der Waals surface area contributed by atoms with Crippen molar-refractivity contribution >= 4 is 11.9 Å². The summed E-state index contributed by atoms with van der Waals surface area (Å²) in [5.74, 6) is 0.950. The summed E-state index contributed by atoms with van der Waals surface area (Å²) >= 11 is 0. The highest BCUT2D eigenvalue weighted by molar-refractivity contribution is 5.89. The third-order valence-electron chi connectivity index (χ3n) is 5.15. The summed E-state index contributed by atoms with van der Waals surface area (Å²) in [6.45, 7) is 13.9. The van der Waals surface area contributed by atoms with E-state index in [1.165, 1.54) is 0 Å². The predicted octanol–water partition coefficient (Wildman–Crippen LogP) is 1.47. The monoisotopic (exact) mass is 329 g/mol. The third-order valence-corrected chi connectivity index (χ3v) is 5.15. The van der Waals surface area contributed by atoms with Gasteiger partial charge in [0, 0.05) is 51.2 Å². The molecule has 6 heteroatoms. The molecule has 1 amide bonds. The summed E-state index contributed by atoms with van der Waals surface area (Å²) in [6, 6.07) is 0.227. The fourth-order valence-corrected chi connectivity index (χ4v) is 3.81. The van der Waals surface area contributed by atoms with Gasteiger partial charge < -0.3 is 9.80 Å². The lowest BCUT2D eigenvalue weighted by Gasteiger charge is -2.48. The maximum absolute atomic E-state index is 13.3. The Morgan fingerprint density at radius 3 is 2.62 bits per heavy atom. The smallest absolute Gasteiger partial charge is 0.245 e. The summed E-state index contributed by atoms with van der Waals surface area (Å²) in [6.07, 6.45) is 6.36. The first-order valence-corrected chi connectivity index (χ1v) is 8.68. The van der Waals surface area contributed by atoms with Crippen molar-refractivity contribution in [1.29, 1.82) is 0 Å². The van der Waals surface area contributed by atoms with Crippen LogP contribution in [0.15, 0.2) is 25.0 Å². The standard InChI is InChI=1S/C18H27N5O/c1-5-7-22-9-10-23(14(2)3)16(24)18(22)6-8-21(13-18)17-19-11-15(4)12-20-17/h5,11-12,14H,1,6-10,13H2,2-4H3. The van der Waals surface area contributed by atoms with Gasteiger partial charge in [-0.1, -0.05) is 6.08 Å². The molecule has 6 nitrogen and oxygen atoms in total. The number of aromatic nitrogens is 2. The van der Waals surface area contributed by atoms with Crippen molar-refractivity contribution < 1.29 is 4.79 Å². The number of carbonyl (C=O) groups excluding carboxylic acids is 1. The van der Waals surface area contributed by atoms with Crippen molar-refractivity contribution in [3.05, 3.63) is 30.6 Å². The van der Waals surface area contributed by atoms with E-state index >= 15 is 0 Å². The topological polar surface area (TPSA) is 52.6 Å². The number of nitrogens with zero attached hydrogens (tertiary/aromatic N) is 5. The first-order valence-electron chi connectivity index (χ1n) is 8.68. The molecule has 0 radical (unpaired) electrons. The molecular formula is C18H27N5O. The Morgan fingerprint density at radius 1 is 1.29 bits per heavy atom. The average molecular weight is 329 g/mol. The van der Waals surface area contributed by atoms with Crippen LogP contribution in [0, 0.1) is 6.92 Å². The van der Waals surface area contributed by atoms with Crippen LogP contribution in [0.5, 0.6) is 0 Å². The quantitative estimate of drug-likeness (QED) is 0.783. The number of piperazine rings is 1. The molecule has 2 saturated heterocycles. The minimum Gasteiger partial charge on any atom is -0.338 e. The van der Waals surface area contributed by atoms with E-state index in [2.05, 4.69) is 40.2 Å². The summed E-state index contributed by atoms with van der Waals surface area (Å²) in [5, 5.41) is 0. The minimum atomic E-state index is -0.481. The normalized spacial score (nSPS) is 25.1. The minimum absolute atomic E-state index is 0.227. The molecule has 1 atom stereocenters. The molecule has 2 fully saturated rings. The van der Waals surface area contributed by atoms with Gasteiger partial charge in [-0.2, -0.15) is 0 Å². The van der Waals surface area contributed by atoms with Gasteiger partial charge in [-0.25, -0.2) is 9.97 Å². The van der Waals surface area contributed by atoms with Crippen molar-refractivity contribution in [3.8, 4) is 0 Å². The molecule has 1 aromatic heterocycles. The van der Waals surface area contributed by atoms with Crippen LogP contribution < -0.4 is 4.90 Å². The number of carbonyl (C=O) groups is 1. The SMILES string of the molecule is C=CCN1CCN(C(C)C)C(=O)C12CCN(c1ncc(C)cn1)C2. The zero-order chi connectivity index (χ0) is 17.3. The Balaban J connectivity index is 1.88. The molecule has 1 aromatic rings. The fourth-order valence-electron chi connectivity index (χ4n) is 3.81. The molecule has 0 N–H and O–H groups in total. The molecule has 3 rings (SSSR count). The van der Waals surface area contributed by atoms with Crippen LogP contribution in [0.2, 0.25) is 0 Å². The highest BCUT2D eigenvalue weighted by atomic mass is 16.2. The van der Waals surface area contributed by atoms with E-state index in [0.29, 0.717) is 12.5 Å². The van der Waals surface area contributed by atoms with Crippen LogP contribution in [-0.2, 0) is 4.79 Å². The van der Waals surface area contributed by atoms with Gasteiger partial charge in [0.2, 0.25) is 11.9 Å². The van der Waals surface area contributed by atoms with Crippen LogP contribution in [0.4, 0.5) is 5.95 Å². The number of aryl methyl sites for hydroxylation is 1. The lowest BCUT2D eigenvalue weighted by Crippen LogP contribution is -2.68. The van der Waals surface area contributed by atoms with Crippen LogP contribution in [0.3, 0.4) is 0 Å².